The number of hydrazine groups is 1. The van der Waals surface area contributed by atoms with Gasteiger partial charge in [0.15, 0.2) is 0 Å². The Labute approximate surface area is 67.4 Å². The van der Waals surface area contributed by atoms with Crippen LogP contribution in [0, 0.1) is 0 Å². The Morgan fingerprint density at radius 2 is 2.25 bits per heavy atom. The number of amides is 2. The molecule has 0 aliphatic carbocycles. The van der Waals surface area contributed by atoms with Gasteiger partial charge >= 0.3 is 12.6 Å². The number of carbonyl (C=O) groups excluding carboxylic acids is 1. The van der Waals surface area contributed by atoms with Gasteiger partial charge in [0, 0.05) is 0 Å². The van der Waals surface area contributed by atoms with Crippen molar-refractivity contribution in [2.75, 3.05) is 13.1 Å². The number of urea groups is 1. The third kappa shape index (κ3) is 2.02. The summed E-state index contributed by atoms with van der Waals surface area (Å²) in [5.74, 6) is 4.80. The zero-order chi connectivity index (χ0) is 9.14. The van der Waals surface area contributed by atoms with Crippen molar-refractivity contribution >= 4 is 6.03 Å². The van der Waals surface area contributed by atoms with Gasteiger partial charge < -0.3 is 9.64 Å². The summed E-state index contributed by atoms with van der Waals surface area (Å²) in [5.41, 5.74) is 1.88. The molecule has 0 aromatic carbocycles. The summed E-state index contributed by atoms with van der Waals surface area (Å²) < 4.78 is 27.2. The summed E-state index contributed by atoms with van der Waals surface area (Å²) in [6.45, 7) is -2.46. The van der Waals surface area contributed by atoms with E-state index in [0.717, 1.165) is 0 Å². The van der Waals surface area contributed by atoms with Gasteiger partial charge in [0.2, 0.25) is 0 Å². The molecule has 0 unspecified atom stereocenters. The third-order valence-corrected chi connectivity index (χ3v) is 1.55. The second-order valence-electron chi connectivity index (χ2n) is 2.37. The zero-order valence-electron chi connectivity index (χ0n) is 6.17. The largest absolute Gasteiger partial charge is 0.345 e. The minimum atomic E-state index is -2.78. The molecule has 1 saturated heterocycles. The average molecular weight is 181 g/mol. The Morgan fingerprint density at radius 3 is 2.67 bits per heavy atom. The highest BCUT2D eigenvalue weighted by molar-refractivity contribution is 5.74. The lowest BCUT2D eigenvalue weighted by atomic mass is 10.2. The highest BCUT2D eigenvalue weighted by Crippen LogP contribution is 2.14. The van der Waals surface area contributed by atoms with Crippen molar-refractivity contribution in [3.63, 3.8) is 0 Å². The number of hydrogen-bond acceptors (Lipinski definition) is 3. The van der Waals surface area contributed by atoms with E-state index in [-0.39, 0.29) is 13.1 Å². The van der Waals surface area contributed by atoms with Crippen molar-refractivity contribution in [2.24, 2.45) is 5.84 Å². The number of alkyl halides is 2. The minimum Gasteiger partial charge on any atom is -0.318 e. The number of carbonyl (C=O) groups is 1. The number of nitrogens with two attached hydrogens (primary N) is 1. The second kappa shape index (κ2) is 3.63. The van der Waals surface area contributed by atoms with Gasteiger partial charge in [-0.2, -0.15) is 8.78 Å². The molecule has 0 bridgehead atoms. The molecule has 0 aromatic rings. The fourth-order valence-electron chi connectivity index (χ4n) is 0.927. The van der Waals surface area contributed by atoms with E-state index in [0.29, 0.717) is 0 Å². The van der Waals surface area contributed by atoms with Gasteiger partial charge in [-0.15, -0.1) is 0 Å². The standard InChI is InChI=1S/C5H9F2N3O2/c6-4(7)12-3-1-10(2-3)5(11)9-8/h3-4H,1-2,8H2,(H,9,11). The average Bonchev–Trinajstić information content (AvgIpc) is 1.94. The first-order valence-corrected chi connectivity index (χ1v) is 3.32. The smallest absolute Gasteiger partial charge is 0.318 e. The molecule has 0 aromatic heterocycles. The Hall–Kier alpha value is -0.950. The summed E-state index contributed by atoms with van der Waals surface area (Å²) >= 11 is 0. The van der Waals surface area contributed by atoms with Crippen molar-refractivity contribution in [1.82, 2.24) is 10.3 Å². The van der Waals surface area contributed by atoms with Crippen LogP contribution in [0.25, 0.3) is 0 Å². The maximum Gasteiger partial charge on any atom is 0.345 e. The number of nitrogens with one attached hydrogen (secondary N) is 1. The van der Waals surface area contributed by atoms with Gasteiger partial charge in [0.05, 0.1) is 19.2 Å². The lowest BCUT2D eigenvalue weighted by Gasteiger charge is -2.37. The van der Waals surface area contributed by atoms with E-state index in [1.807, 2.05) is 5.43 Å². The molecule has 1 aliphatic heterocycles. The Kier molecular flexibility index (Phi) is 2.77. The maximum atomic E-state index is 11.6. The van der Waals surface area contributed by atoms with Gasteiger partial charge in [-0.1, -0.05) is 0 Å². The molecule has 1 aliphatic rings. The highest BCUT2D eigenvalue weighted by Gasteiger charge is 2.32. The van der Waals surface area contributed by atoms with E-state index in [1.54, 1.807) is 0 Å². The molecule has 70 valence electrons. The first-order valence-electron chi connectivity index (χ1n) is 3.32. The number of hydrogen-bond donors (Lipinski definition) is 2. The van der Waals surface area contributed by atoms with Crippen molar-refractivity contribution in [3.8, 4) is 0 Å². The number of nitrogens with zero attached hydrogens (tertiary/aromatic N) is 1. The summed E-state index contributed by atoms with van der Waals surface area (Å²) in [6.07, 6.45) is -0.567. The van der Waals surface area contributed by atoms with E-state index in [2.05, 4.69) is 4.74 Å². The van der Waals surface area contributed by atoms with Gasteiger partial charge in [-0.3, -0.25) is 5.43 Å². The highest BCUT2D eigenvalue weighted by atomic mass is 19.3. The van der Waals surface area contributed by atoms with E-state index < -0.39 is 18.7 Å². The van der Waals surface area contributed by atoms with Gasteiger partial charge in [-0.25, -0.2) is 10.6 Å². The molecule has 7 heteroatoms. The van der Waals surface area contributed by atoms with Gasteiger partial charge in [0.25, 0.3) is 0 Å². The van der Waals surface area contributed by atoms with Crippen molar-refractivity contribution < 1.29 is 18.3 Å². The fourth-order valence-corrected chi connectivity index (χ4v) is 0.927. The summed E-state index contributed by atoms with van der Waals surface area (Å²) in [7, 11) is 0. The van der Waals surface area contributed by atoms with Crippen molar-refractivity contribution in [3.05, 3.63) is 0 Å². The van der Waals surface area contributed by atoms with Gasteiger partial charge in [0.1, 0.15) is 0 Å². The zero-order valence-corrected chi connectivity index (χ0v) is 6.17. The summed E-state index contributed by atoms with van der Waals surface area (Å²) in [4.78, 5) is 11.9. The van der Waals surface area contributed by atoms with E-state index in [9.17, 15) is 13.6 Å². The lowest BCUT2D eigenvalue weighted by molar-refractivity contribution is -0.189. The Bertz CT molecular complexity index is 172. The van der Waals surface area contributed by atoms with Crippen LogP contribution in [0.1, 0.15) is 0 Å². The second-order valence-corrected chi connectivity index (χ2v) is 2.37. The van der Waals surface area contributed by atoms with Crippen LogP contribution in [0.5, 0.6) is 0 Å². The van der Waals surface area contributed by atoms with E-state index in [1.165, 1.54) is 4.90 Å². The van der Waals surface area contributed by atoms with Crippen LogP contribution in [-0.4, -0.2) is 36.7 Å². The van der Waals surface area contributed by atoms with Crippen LogP contribution in [-0.2, 0) is 4.74 Å². The number of halogens is 2. The molecule has 1 fully saturated rings. The van der Waals surface area contributed by atoms with Crippen molar-refractivity contribution in [2.45, 2.75) is 12.7 Å². The van der Waals surface area contributed by atoms with Crippen molar-refractivity contribution in [1.29, 1.82) is 0 Å². The summed E-state index contributed by atoms with van der Waals surface area (Å²) in [6, 6.07) is -0.482. The predicted molar refractivity (Wildman–Crippen MR) is 35.2 cm³/mol. The normalized spacial score (nSPS) is 17.8. The van der Waals surface area contributed by atoms with Crippen LogP contribution in [0.2, 0.25) is 0 Å². The quantitative estimate of drug-likeness (QED) is 0.342. The molecule has 0 radical (unpaired) electrons. The van der Waals surface area contributed by atoms with E-state index in [4.69, 9.17) is 5.84 Å². The molecule has 3 N–H and O–H groups in total. The summed E-state index contributed by atoms with van der Waals surface area (Å²) in [5, 5.41) is 0. The number of ether oxygens (including phenoxy) is 1. The molecule has 2 amide bonds. The molecular weight excluding hydrogens is 172 g/mol. The maximum absolute atomic E-state index is 11.6. The van der Waals surface area contributed by atoms with Crippen LogP contribution < -0.4 is 11.3 Å². The Morgan fingerprint density at radius 1 is 1.67 bits per heavy atom. The van der Waals surface area contributed by atoms with Crippen LogP contribution >= 0.6 is 0 Å². The number of likely N-dealkylation sites (tertiary alicyclic amines) is 1. The van der Waals surface area contributed by atoms with Gasteiger partial charge in [-0.05, 0) is 0 Å². The lowest BCUT2D eigenvalue weighted by Crippen LogP contribution is -2.59. The molecule has 1 heterocycles. The first kappa shape index (κ1) is 9.14. The molecule has 5 nitrogen and oxygen atoms in total. The minimum absolute atomic E-state index is 0.160. The van der Waals surface area contributed by atoms with Crippen LogP contribution in [0.3, 0.4) is 0 Å². The predicted octanol–water partition coefficient (Wildman–Crippen LogP) is -0.507. The Balaban J connectivity index is 2.15. The molecule has 0 atom stereocenters. The molecule has 0 spiro atoms. The monoisotopic (exact) mass is 181 g/mol. The molecule has 1 rings (SSSR count). The van der Waals surface area contributed by atoms with Crippen LogP contribution in [0.15, 0.2) is 0 Å². The van der Waals surface area contributed by atoms with E-state index >= 15 is 0 Å². The fraction of sp³-hybridized carbons (Fsp3) is 0.800. The van der Waals surface area contributed by atoms with Crippen LogP contribution in [0.4, 0.5) is 13.6 Å². The molecular formula is C5H9F2N3O2. The first-order chi connectivity index (χ1) is 5.63. The molecule has 0 saturated carbocycles. The third-order valence-electron chi connectivity index (χ3n) is 1.55. The topological polar surface area (TPSA) is 67.6 Å². The number of rotatable bonds is 2. The molecule has 12 heavy (non-hydrogen) atoms. The SMILES string of the molecule is NNC(=O)N1CC(OC(F)F)C1.